The fourth-order valence-corrected chi connectivity index (χ4v) is 4.33. The summed E-state index contributed by atoms with van der Waals surface area (Å²) in [6.45, 7) is 1.19. The van der Waals surface area contributed by atoms with Crippen molar-refractivity contribution in [3.8, 4) is 0 Å². The number of anilines is 1. The van der Waals surface area contributed by atoms with Gasteiger partial charge in [0.15, 0.2) is 0 Å². The first-order chi connectivity index (χ1) is 9.53. The Hall–Kier alpha value is -1.11. The number of hydrogen-bond donors (Lipinski definition) is 2. The molecule has 1 atom stereocenters. The van der Waals surface area contributed by atoms with Gasteiger partial charge in [0.2, 0.25) is 10.0 Å². The number of nitrogens with zero attached hydrogens (tertiary/aromatic N) is 1. The Morgan fingerprint density at radius 3 is 2.80 bits per heavy atom. The summed E-state index contributed by atoms with van der Waals surface area (Å²) in [6, 6.07) is 7.06. The van der Waals surface area contributed by atoms with Crippen LogP contribution in [0.1, 0.15) is 24.8 Å². The van der Waals surface area contributed by atoms with Crippen LogP contribution in [0.5, 0.6) is 0 Å². The van der Waals surface area contributed by atoms with Gasteiger partial charge in [0.1, 0.15) is 0 Å². The van der Waals surface area contributed by atoms with Crippen LogP contribution in [0.2, 0.25) is 0 Å². The fourth-order valence-electron chi connectivity index (χ4n) is 2.65. The molecule has 1 saturated heterocycles. The molecule has 2 rings (SSSR count). The summed E-state index contributed by atoms with van der Waals surface area (Å²) in [7, 11) is -3.34. The van der Waals surface area contributed by atoms with Crippen LogP contribution >= 0.6 is 0 Å². The third-order valence-electron chi connectivity index (χ3n) is 3.81. The summed E-state index contributed by atoms with van der Waals surface area (Å²) in [4.78, 5) is 0. The lowest BCUT2D eigenvalue weighted by Gasteiger charge is -2.31. The molecule has 112 valence electrons. The zero-order valence-corrected chi connectivity index (χ0v) is 12.3. The number of aliphatic hydroxyl groups is 1. The largest absolute Gasteiger partial charge is 0.398 e. The summed E-state index contributed by atoms with van der Waals surface area (Å²) in [5.74, 6) is 0.211. The summed E-state index contributed by atoms with van der Waals surface area (Å²) >= 11 is 0. The fraction of sp³-hybridized carbons (Fsp3) is 0.571. The Morgan fingerprint density at radius 2 is 2.10 bits per heavy atom. The lowest BCUT2D eigenvalue weighted by Crippen LogP contribution is -2.40. The minimum Gasteiger partial charge on any atom is -0.398 e. The zero-order valence-electron chi connectivity index (χ0n) is 11.5. The lowest BCUT2D eigenvalue weighted by molar-refractivity contribution is 0.202. The van der Waals surface area contributed by atoms with Crippen molar-refractivity contribution in [3.63, 3.8) is 0 Å². The van der Waals surface area contributed by atoms with Gasteiger partial charge < -0.3 is 10.8 Å². The van der Waals surface area contributed by atoms with Crippen molar-refractivity contribution in [1.82, 2.24) is 4.31 Å². The maximum atomic E-state index is 12.5. The highest BCUT2D eigenvalue weighted by Gasteiger charge is 2.29. The molecule has 0 aromatic heterocycles. The minimum atomic E-state index is -3.34. The first-order valence-corrected chi connectivity index (χ1v) is 8.56. The molecule has 0 saturated carbocycles. The molecular formula is C14H22N2O3S. The average molecular weight is 298 g/mol. The topological polar surface area (TPSA) is 83.6 Å². The van der Waals surface area contributed by atoms with Crippen LogP contribution in [0.3, 0.4) is 0 Å². The number of hydrogen-bond acceptors (Lipinski definition) is 4. The predicted octanol–water partition coefficient (Wildman–Crippen LogP) is 1.19. The van der Waals surface area contributed by atoms with Crippen LogP contribution in [-0.4, -0.2) is 37.5 Å². The van der Waals surface area contributed by atoms with Gasteiger partial charge in [-0.1, -0.05) is 18.2 Å². The van der Waals surface area contributed by atoms with Gasteiger partial charge in [-0.15, -0.1) is 0 Å². The Labute approximate surface area is 120 Å². The molecule has 6 heteroatoms. The Morgan fingerprint density at radius 1 is 1.35 bits per heavy atom. The second kappa shape index (κ2) is 6.56. The highest BCUT2D eigenvalue weighted by atomic mass is 32.2. The molecule has 3 N–H and O–H groups in total. The van der Waals surface area contributed by atoms with Crippen LogP contribution in [0, 0.1) is 5.92 Å². The molecule has 5 nitrogen and oxygen atoms in total. The van der Waals surface area contributed by atoms with Crippen molar-refractivity contribution < 1.29 is 13.5 Å². The summed E-state index contributed by atoms with van der Waals surface area (Å²) < 4.78 is 26.5. The third kappa shape index (κ3) is 3.71. The normalized spacial score (nSPS) is 20.9. The molecule has 1 heterocycles. The molecule has 1 aliphatic heterocycles. The highest BCUT2D eigenvalue weighted by molar-refractivity contribution is 7.88. The number of nitrogen functional groups attached to an aromatic ring is 1. The van der Waals surface area contributed by atoms with Crippen LogP contribution in [0.4, 0.5) is 5.69 Å². The van der Waals surface area contributed by atoms with E-state index in [2.05, 4.69) is 0 Å². The smallest absolute Gasteiger partial charge is 0.218 e. The second-order valence-corrected chi connectivity index (χ2v) is 7.30. The summed E-state index contributed by atoms with van der Waals surface area (Å²) in [6.07, 6.45) is 2.51. The molecule has 1 aromatic rings. The molecule has 1 fully saturated rings. The van der Waals surface area contributed by atoms with E-state index in [1.165, 1.54) is 0 Å². The molecular weight excluding hydrogens is 276 g/mol. The molecule has 1 aromatic carbocycles. The van der Waals surface area contributed by atoms with Gasteiger partial charge in [-0.25, -0.2) is 12.7 Å². The van der Waals surface area contributed by atoms with E-state index in [1.807, 2.05) is 0 Å². The van der Waals surface area contributed by atoms with Gasteiger partial charge in [-0.3, -0.25) is 0 Å². The van der Waals surface area contributed by atoms with Crippen LogP contribution < -0.4 is 5.73 Å². The minimum absolute atomic E-state index is 0.0501. The van der Waals surface area contributed by atoms with E-state index in [9.17, 15) is 8.42 Å². The first-order valence-electron chi connectivity index (χ1n) is 6.95. The molecule has 0 amide bonds. The van der Waals surface area contributed by atoms with Crippen molar-refractivity contribution in [3.05, 3.63) is 29.8 Å². The van der Waals surface area contributed by atoms with E-state index in [0.29, 0.717) is 30.8 Å². The molecule has 0 bridgehead atoms. The lowest BCUT2D eigenvalue weighted by atomic mass is 9.97. The molecule has 0 radical (unpaired) electrons. The second-order valence-electron chi connectivity index (χ2n) is 5.33. The molecule has 1 unspecified atom stereocenters. The number of piperidine rings is 1. The van der Waals surface area contributed by atoms with Crippen molar-refractivity contribution in [2.24, 2.45) is 5.92 Å². The van der Waals surface area contributed by atoms with Gasteiger partial charge >= 0.3 is 0 Å². The van der Waals surface area contributed by atoms with E-state index in [4.69, 9.17) is 10.8 Å². The SMILES string of the molecule is Nc1ccccc1CS(=O)(=O)N1CCCC(CCO)C1. The Balaban J connectivity index is 2.08. The van der Waals surface area contributed by atoms with Crippen LogP contribution in [0.25, 0.3) is 0 Å². The monoisotopic (exact) mass is 298 g/mol. The zero-order chi connectivity index (χ0) is 14.6. The number of sulfonamides is 1. The van der Waals surface area contributed by atoms with Crippen molar-refractivity contribution in [2.75, 3.05) is 25.4 Å². The first kappa shape index (κ1) is 15.3. The van der Waals surface area contributed by atoms with E-state index in [1.54, 1.807) is 28.6 Å². The van der Waals surface area contributed by atoms with Gasteiger partial charge in [-0.2, -0.15) is 0 Å². The van der Waals surface area contributed by atoms with E-state index in [0.717, 1.165) is 12.8 Å². The molecule has 0 aliphatic carbocycles. The molecule has 1 aliphatic rings. The Bertz CT molecular complexity index is 543. The van der Waals surface area contributed by atoms with E-state index in [-0.39, 0.29) is 18.3 Å². The standard InChI is InChI=1S/C14H22N2O3S/c15-14-6-2-1-5-13(14)11-20(18,19)16-8-3-4-12(10-16)7-9-17/h1-2,5-6,12,17H,3-4,7-11,15H2. The summed E-state index contributed by atoms with van der Waals surface area (Å²) in [5, 5.41) is 8.99. The van der Waals surface area contributed by atoms with E-state index < -0.39 is 10.0 Å². The highest BCUT2D eigenvalue weighted by Crippen LogP contribution is 2.24. The molecule has 0 spiro atoms. The van der Waals surface area contributed by atoms with Gasteiger partial charge in [0.25, 0.3) is 0 Å². The van der Waals surface area contributed by atoms with Crippen molar-refractivity contribution in [1.29, 1.82) is 0 Å². The predicted molar refractivity (Wildman–Crippen MR) is 79.5 cm³/mol. The number of aliphatic hydroxyl groups excluding tert-OH is 1. The van der Waals surface area contributed by atoms with Gasteiger partial charge in [-0.05, 0) is 36.8 Å². The van der Waals surface area contributed by atoms with Crippen LogP contribution in [0.15, 0.2) is 24.3 Å². The Kier molecular flexibility index (Phi) is 5.01. The average Bonchev–Trinajstić information content (AvgIpc) is 2.42. The maximum Gasteiger partial charge on any atom is 0.218 e. The quantitative estimate of drug-likeness (QED) is 0.800. The van der Waals surface area contributed by atoms with E-state index >= 15 is 0 Å². The van der Waals surface area contributed by atoms with Crippen molar-refractivity contribution in [2.45, 2.75) is 25.0 Å². The molecule has 20 heavy (non-hydrogen) atoms. The van der Waals surface area contributed by atoms with Gasteiger partial charge in [0, 0.05) is 25.4 Å². The number of para-hydroxylation sites is 1. The van der Waals surface area contributed by atoms with Crippen molar-refractivity contribution >= 4 is 15.7 Å². The number of benzene rings is 1. The number of rotatable bonds is 5. The third-order valence-corrected chi connectivity index (χ3v) is 5.60. The van der Waals surface area contributed by atoms with Crippen LogP contribution in [-0.2, 0) is 15.8 Å². The summed E-state index contributed by atoms with van der Waals surface area (Å²) in [5.41, 5.74) is 6.98. The number of nitrogens with two attached hydrogens (primary N) is 1. The van der Waals surface area contributed by atoms with Gasteiger partial charge in [0.05, 0.1) is 5.75 Å². The maximum absolute atomic E-state index is 12.5.